The fourth-order valence-electron chi connectivity index (χ4n) is 7.81. The highest BCUT2D eigenvalue weighted by atomic mass is 16.5. The molecule has 1 amide bonds. The number of carbonyl (C=O) groups excluding carboxylic acids is 1. The molecule has 228 valence electrons. The maximum atomic E-state index is 12.0. The Kier molecular flexibility index (Phi) is 10.0. The molecule has 0 aliphatic heterocycles. The monoisotopic (exact) mass is 577 g/mol. The number of hydrogen-bond donors (Lipinski definition) is 4. The molecule has 4 N–H and O–H groups in total. The van der Waals surface area contributed by atoms with Crippen molar-refractivity contribution < 1.29 is 14.3 Å². The molecule has 5 saturated carbocycles. The lowest BCUT2D eigenvalue weighted by Gasteiger charge is -2.54. The lowest BCUT2D eigenvalue weighted by Crippen LogP contribution is -2.51. The Morgan fingerprint density at radius 2 is 1.33 bits per heavy atom. The third-order valence-electron chi connectivity index (χ3n) is 9.57. The van der Waals surface area contributed by atoms with Gasteiger partial charge in [-0.05, 0) is 80.8 Å². The van der Waals surface area contributed by atoms with Crippen LogP contribution in [-0.2, 0) is 9.47 Å². The van der Waals surface area contributed by atoms with E-state index in [1.54, 1.807) is 12.1 Å². The first-order valence-electron chi connectivity index (χ1n) is 16.2. The van der Waals surface area contributed by atoms with Gasteiger partial charge in [-0.3, -0.25) is 4.79 Å². The topological polar surface area (TPSA) is 122 Å². The van der Waals surface area contributed by atoms with E-state index >= 15 is 0 Å². The van der Waals surface area contributed by atoms with E-state index in [0.717, 1.165) is 23.7 Å². The zero-order chi connectivity index (χ0) is 28.6. The SMILES string of the molecule is O=C(NCCOCCOCCNc1nc(NC2CCCCC2)nc(NC2C3CC4CC(C3)CC2C4)n1)c1ccccc1. The third kappa shape index (κ3) is 7.89. The number of ether oxygens (including phenoxy) is 2. The van der Waals surface area contributed by atoms with Crippen molar-refractivity contribution in [2.24, 2.45) is 23.7 Å². The highest BCUT2D eigenvalue weighted by Gasteiger charge is 2.48. The van der Waals surface area contributed by atoms with E-state index < -0.39 is 0 Å². The second-order valence-corrected chi connectivity index (χ2v) is 12.7. The molecule has 5 aliphatic rings. The Morgan fingerprint density at radius 3 is 2.02 bits per heavy atom. The van der Waals surface area contributed by atoms with E-state index in [-0.39, 0.29) is 5.91 Å². The third-order valence-corrected chi connectivity index (χ3v) is 9.57. The average Bonchev–Trinajstić information content (AvgIpc) is 3.00. The molecule has 42 heavy (non-hydrogen) atoms. The van der Waals surface area contributed by atoms with Crippen LogP contribution in [0.1, 0.15) is 74.6 Å². The van der Waals surface area contributed by atoms with Gasteiger partial charge in [-0.1, -0.05) is 37.5 Å². The zero-order valence-corrected chi connectivity index (χ0v) is 24.7. The van der Waals surface area contributed by atoms with Gasteiger partial charge in [0.15, 0.2) is 0 Å². The molecule has 0 spiro atoms. The number of hydrogen-bond acceptors (Lipinski definition) is 9. The fourth-order valence-corrected chi connectivity index (χ4v) is 7.81. The van der Waals surface area contributed by atoms with Crippen LogP contribution in [0.3, 0.4) is 0 Å². The van der Waals surface area contributed by atoms with Crippen molar-refractivity contribution in [2.75, 3.05) is 55.5 Å². The predicted octanol–water partition coefficient (Wildman–Crippen LogP) is 4.73. The maximum absolute atomic E-state index is 12.0. The van der Waals surface area contributed by atoms with Gasteiger partial charge in [0.1, 0.15) is 0 Å². The molecular weight excluding hydrogens is 530 g/mol. The molecular formula is C32H47N7O3. The Hall–Kier alpha value is -2.98. The number of carbonyl (C=O) groups is 1. The zero-order valence-electron chi connectivity index (χ0n) is 24.7. The van der Waals surface area contributed by atoms with Crippen LogP contribution in [-0.4, -0.2) is 72.5 Å². The molecule has 10 heteroatoms. The first kappa shape index (κ1) is 29.1. The molecule has 0 saturated heterocycles. The molecule has 7 rings (SSSR count). The minimum Gasteiger partial charge on any atom is -0.377 e. The molecule has 0 unspecified atom stereocenters. The summed E-state index contributed by atoms with van der Waals surface area (Å²) in [5.74, 6) is 5.24. The molecule has 1 heterocycles. The Balaban J connectivity index is 0.934. The Bertz CT molecular complexity index is 1120. The van der Waals surface area contributed by atoms with Crippen LogP contribution in [0, 0.1) is 23.7 Å². The Labute approximate surface area is 249 Å². The average molecular weight is 578 g/mol. The smallest absolute Gasteiger partial charge is 0.251 e. The standard InChI is InChI=1S/C32H47N7O3/c40-29(24-7-3-1-4-8-24)33-11-13-41-15-16-42-14-12-34-30-37-31(35-27-9-5-2-6-10-27)39-32(38-30)36-28-25-18-22-17-23(20-25)21-26(28)19-22/h1,3-4,7-8,22-23,25-28H,2,5-6,9-21H2,(H,33,40)(H3,34,35,36,37,38,39). The summed E-state index contributed by atoms with van der Waals surface area (Å²) in [4.78, 5) is 26.4. The normalized spacial score (nSPS) is 26.6. The van der Waals surface area contributed by atoms with Crippen molar-refractivity contribution >= 4 is 23.8 Å². The molecule has 1 aromatic heterocycles. The Morgan fingerprint density at radius 1 is 0.714 bits per heavy atom. The molecule has 0 radical (unpaired) electrons. The molecule has 4 bridgehead atoms. The van der Waals surface area contributed by atoms with Gasteiger partial charge in [-0.2, -0.15) is 15.0 Å². The van der Waals surface area contributed by atoms with Gasteiger partial charge in [0.05, 0.1) is 26.4 Å². The van der Waals surface area contributed by atoms with Gasteiger partial charge in [0, 0.05) is 30.7 Å². The second-order valence-electron chi connectivity index (χ2n) is 12.7. The summed E-state index contributed by atoms with van der Waals surface area (Å²) < 4.78 is 11.3. The van der Waals surface area contributed by atoms with E-state index in [1.165, 1.54) is 64.2 Å². The molecule has 1 aromatic carbocycles. The summed E-state index contributed by atoms with van der Waals surface area (Å²) in [7, 11) is 0. The van der Waals surface area contributed by atoms with Crippen molar-refractivity contribution in [3.05, 3.63) is 35.9 Å². The van der Waals surface area contributed by atoms with Crippen molar-refractivity contribution in [2.45, 2.75) is 76.3 Å². The van der Waals surface area contributed by atoms with Gasteiger partial charge in [0.25, 0.3) is 5.91 Å². The van der Waals surface area contributed by atoms with Crippen LogP contribution >= 0.6 is 0 Å². The second kappa shape index (κ2) is 14.5. The van der Waals surface area contributed by atoms with Crippen LogP contribution in [0.4, 0.5) is 17.8 Å². The van der Waals surface area contributed by atoms with Crippen LogP contribution in [0.2, 0.25) is 0 Å². The lowest BCUT2D eigenvalue weighted by molar-refractivity contribution is 0.00728. The van der Waals surface area contributed by atoms with Gasteiger partial charge in [0.2, 0.25) is 17.8 Å². The number of nitrogens with one attached hydrogen (secondary N) is 4. The van der Waals surface area contributed by atoms with E-state index in [2.05, 4.69) is 21.3 Å². The highest BCUT2D eigenvalue weighted by Crippen LogP contribution is 2.54. The van der Waals surface area contributed by atoms with E-state index in [9.17, 15) is 4.79 Å². The van der Waals surface area contributed by atoms with Crippen molar-refractivity contribution in [3.63, 3.8) is 0 Å². The molecule has 0 atom stereocenters. The summed E-state index contributed by atoms with van der Waals surface area (Å²) in [5, 5.41) is 13.6. The predicted molar refractivity (Wildman–Crippen MR) is 164 cm³/mol. The van der Waals surface area contributed by atoms with Crippen LogP contribution in [0.25, 0.3) is 0 Å². The van der Waals surface area contributed by atoms with Gasteiger partial charge < -0.3 is 30.7 Å². The number of anilines is 3. The molecule has 5 fully saturated rings. The van der Waals surface area contributed by atoms with E-state index in [0.29, 0.717) is 75.0 Å². The summed E-state index contributed by atoms with van der Waals surface area (Å²) in [6, 6.07) is 10.1. The largest absolute Gasteiger partial charge is 0.377 e. The van der Waals surface area contributed by atoms with E-state index in [1.807, 2.05) is 18.2 Å². The van der Waals surface area contributed by atoms with Crippen LogP contribution < -0.4 is 21.3 Å². The number of amides is 1. The summed E-state index contributed by atoms with van der Waals surface area (Å²) in [6.45, 7) is 2.98. The summed E-state index contributed by atoms with van der Waals surface area (Å²) in [5.41, 5.74) is 0.652. The number of rotatable bonds is 15. The van der Waals surface area contributed by atoms with E-state index in [4.69, 9.17) is 24.4 Å². The first-order valence-corrected chi connectivity index (χ1v) is 16.2. The highest BCUT2D eigenvalue weighted by molar-refractivity contribution is 5.94. The van der Waals surface area contributed by atoms with Crippen LogP contribution in [0.15, 0.2) is 30.3 Å². The number of benzene rings is 1. The van der Waals surface area contributed by atoms with Gasteiger partial charge in [-0.15, -0.1) is 0 Å². The van der Waals surface area contributed by atoms with Gasteiger partial charge in [-0.25, -0.2) is 0 Å². The van der Waals surface area contributed by atoms with Crippen LogP contribution in [0.5, 0.6) is 0 Å². The minimum absolute atomic E-state index is 0.0895. The minimum atomic E-state index is -0.0895. The van der Waals surface area contributed by atoms with Crippen molar-refractivity contribution in [1.82, 2.24) is 20.3 Å². The number of aromatic nitrogens is 3. The van der Waals surface area contributed by atoms with Crippen molar-refractivity contribution in [1.29, 1.82) is 0 Å². The van der Waals surface area contributed by atoms with Crippen molar-refractivity contribution in [3.8, 4) is 0 Å². The molecule has 10 nitrogen and oxygen atoms in total. The van der Waals surface area contributed by atoms with Gasteiger partial charge >= 0.3 is 0 Å². The number of nitrogens with zero attached hydrogens (tertiary/aromatic N) is 3. The quantitative estimate of drug-likeness (QED) is 0.223. The molecule has 2 aromatic rings. The fraction of sp³-hybridized carbons (Fsp3) is 0.688. The molecule has 5 aliphatic carbocycles. The lowest BCUT2D eigenvalue weighted by atomic mass is 9.54. The first-order chi connectivity index (χ1) is 20.7. The summed E-state index contributed by atoms with van der Waals surface area (Å²) in [6.07, 6.45) is 13.1. The summed E-state index contributed by atoms with van der Waals surface area (Å²) >= 11 is 0. The maximum Gasteiger partial charge on any atom is 0.251 e.